The number of hydrogen-bond donors (Lipinski definition) is 2. The molecule has 1 aromatic carbocycles. The summed E-state index contributed by atoms with van der Waals surface area (Å²) < 4.78 is 4.56. The number of nitrogens with one attached hydrogen (secondary N) is 1. The molecular weight excluding hydrogens is 236 g/mol. The standard InChI is InChI=1S/C11H10N4O3/c12-10(17)11-14-8(15-18-11)6-9(16)13-7-4-2-1-3-5-7/h1-5H,6H2,(H2,12,17)(H,13,16). The van der Waals surface area contributed by atoms with E-state index in [-0.39, 0.29) is 24.0 Å². The number of para-hydroxylation sites is 1. The molecule has 3 N–H and O–H groups in total. The molecule has 1 heterocycles. The first-order valence-electron chi connectivity index (χ1n) is 5.12. The van der Waals surface area contributed by atoms with Gasteiger partial charge in [0.1, 0.15) is 0 Å². The van der Waals surface area contributed by atoms with Gasteiger partial charge >= 0.3 is 11.8 Å². The summed E-state index contributed by atoms with van der Waals surface area (Å²) >= 11 is 0. The highest BCUT2D eigenvalue weighted by molar-refractivity contribution is 5.92. The molecule has 7 heteroatoms. The van der Waals surface area contributed by atoms with E-state index in [2.05, 4.69) is 20.0 Å². The summed E-state index contributed by atoms with van der Waals surface area (Å²) in [5, 5.41) is 6.12. The molecular formula is C11H10N4O3. The van der Waals surface area contributed by atoms with Crippen LogP contribution in [0.3, 0.4) is 0 Å². The van der Waals surface area contributed by atoms with Crippen molar-refractivity contribution in [3.05, 3.63) is 42.0 Å². The fourth-order valence-electron chi connectivity index (χ4n) is 1.30. The zero-order chi connectivity index (χ0) is 13.0. The number of anilines is 1. The van der Waals surface area contributed by atoms with Gasteiger partial charge in [0.05, 0.1) is 6.42 Å². The van der Waals surface area contributed by atoms with Crippen LogP contribution in [0, 0.1) is 0 Å². The minimum Gasteiger partial charge on any atom is -0.361 e. The first kappa shape index (κ1) is 11.8. The number of aromatic nitrogens is 2. The number of hydrogen-bond acceptors (Lipinski definition) is 5. The van der Waals surface area contributed by atoms with Crippen LogP contribution in [0.4, 0.5) is 5.69 Å². The Kier molecular flexibility index (Phi) is 3.33. The van der Waals surface area contributed by atoms with Crippen molar-refractivity contribution in [3.8, 4) is 0 Å². The summed E-state index contributed by atoms with van der Waals surface area (Å²) in [6.45, 7) is 0. The van der Waals surface area contributed by atoms with Crippen molar-refractivity contribution in [2.45, 2.75) is 6.42 Å². The molecule has 18 heavy (non-hydrogen) atoms. The highest BCUT2D eigenvalue weighted by atomic mass is 16.5. The summed E-state index contributed by atoms with van der Waals surface area (Å²) in [6, 6.07) is 8.95. The lowest BCUT2D eigenvalue weighted by Crippen LogP contribution is -2.15. The number of rotatable bonds is 4. The Labute approximate surface area is 102 Å². The second kappa shape index (κ2) is 5.09. The zero-order valence-electron chi connectivity index (χ0n) is 9.29. The third-order valence-corrected chi connectivity index (χ3v) is 2.06. The Morgan fingerprint density at radius 1 is 1.28 bits per heavy atom. The van der Waals surface area contributed by atoms with Crippen LogP contribution in [0.25, 0.3) is 0 Å². The maximum absolute atomic E-state index is 11.6. The first-order chi connectivity index (χ1) is 8.65. The Morgan fingerprint density at radius 3 is 2.61 bits per heavy atom. The second-order valence-corrected chi connectivity index (χ2v) is 3.47. The van der Waals surface area contributed by atoms with Gasteiger partial charge in [0, 0.05) is 5.69 Å². The molecule has 0 aliphatic carbocycles. The average Bonchev–Trinajstić information content (AvgIpc) is 2.78. The van der Waals surface area contributed by atoms with Gasteiger partial charge in [-0.2, -0.15) is 4.98 Å². The van der Waals surface area contributed by atoms with Gasteiger partial charge in [-0.05, 0) is 12.1 Å². The van der Waals surface area contributed by atoms with Gasteiger partial charge in [0.2, 0.25) is 5.91 Å². The quantitative estimate of drug-likeness (QED) is 0.808. The largest absolute Gasteiger partial charge is 0.361 e. The van der Waals surface area contributed by atoms with E-state index in [0.717, 1.165) is 0 Å². The Balaban J connectivity index is 1.97. The van der Waals surface area contributed by atoms with Crippen LogP contribution < -0.4 is 11.1 Å². The number of carbonyl (C=O) groups is 2. The van der Waals surface area contributed by atoms with Crippen molar-refractivity contribution in [1.82, 2.24) is 10.1 Å². The van der Waals surface area contributed by atoms with Crippen LogP contribution in [-0.4, -0.2) is 22.0 Å². The lowest BCUT2D eigenvalue weighted by atomic mass is 10.3. The van der Waals surface area contributed by atoms with Crippen molar-refractivity contribution in [1.29, 1.82) is 0 Å². The topological polar surface area (TPSA) is 111 Å². The zero-order valence-corrected chi connectivity index (χ0v) is 9.29. The minimum atomic E-state index is -0.822. The molecule has 0 bridgehead atoms. The molecule has 92 valence electrons. The van der Waals surface area contributed by atoms with Gasteiger partial charge in [-0.15, -0.1) is 0 Å². The first-order valence-corrected chi connectivity index (χ1v) is 5.12. The number of primary amides is 1. The van der Waals surface area contributed by atoms with E-state index in [1.54, 1.807) is 24.3 Å². The van der Waals surface area contributed by atoms with Gasteiger partial charge in [-0.25, -0.2) is 0 Å². The van der Waals surface area contributed by atoms with Crippen LogP contribution >= 0.6 is 0 Å². The van der Waals surface area contributed by atoms with Gasteiger partial charge in [0.15, 0.2) is 5.82 Å². The van der Waals surface area contributed by atoms with Crippen LogP contribution in [-0.2, 0) is 11.2 Å². The molecule has 0 radical (unpaired) electrons. The van der Waals surface area contributed by atoms with Gasteiger partial charge in [-0.1, -0.05) is 23.4 Å². The van der Waals surface area contributed by atoms with E-state index in [9.17, 15) is 9.59 Å². The molecule has 2 rings (SSSR count). The fraction of sp³-hybridized carbons (Fsp3) is 0.0909. The number of amides is 2. The van der Waals surface area contributed by atoms with Crippen molar-refractivity contribution < 1.29 is 14.1 Å². The van der Waals surface area contributed by atoms with Crippen LogP contribution in [0.2, 0.25) is 0 Å². The van der Waals surface area contributed by atoms with Gasteiger partial charge in [0.25, 0.3) is 0 Å². The SMILES string of the molecule is NC(=O)c1nc(CC(=O)Nc2ccccc2)no1. The number of carbonyl (C=O) groups excluding carboxylic acids is 2. The van der Waals surface area contributed by atoms with E-state index >= 15 is 0 Å². The minimum absolute atomic E-state index is 0.0916. The third kappa shape index (κ3) is 2.91. The van der Waals surface area contributed by atoms with Crippen LogP contribution in [0.5, 0.6) is 0 Å². The summed E-state index contributed by atoms with van der Waals surface area (Å²) in [5.41, 5.74) is 5.61. The second-order valence-electron chi connectivity index (χ2n) is 3.47. The molecule has 0 atom stereocenters. The predicted octanol–water partition coefficient (Wildman–Crippen LogP) is 0.350. The summed E-state index contributed by atoms with van der Waals surface area (Å²) in [6.07, 6.45) is -0.0916. The van der Waals surface area contributed by atoms with Crippen molar-refractivity contribution in [2.24, 2.45) is 5.73 Å². The van der Waals surface area contributed by atoms with Crippen LogP contribution in [0.1, 0.15) is 16.5 Å². The van der Waals surface area contributed by atoms with Gasteiger partial charge in [-0.3, -0.25) is 9.59 Å². The number of nitrogens with two attached hydrogens (primary N) is 1. The molecule has 0 aliphatic rings. The molecule has 0 fully saturated rings. The van der Waals surface area contributed by atoms with Crippen molar-refractivity contribution in [2.75, 3.05) is 5.32 Å². The molecule has 1 aromatic heterocycles. The molecule has 2 amide bonds. The lowest BCUT2D eigenvalue weighted by molar-refractivity contribution is -0.115. The van der Waals surface area contributed by atoms with Gasteiger partial charge < -0.3 is 15.6 Å². The van der Waals surface area contributed by atoms with Crippen molar-refractivity contribution in [3.63, 3.8) is 0 Å². The maximum Gasteiger partial charge on any atom is 0.315 e. The monoisotopic (exact) mass is 246 g/mol. The number of benzene rings is 1. The predicted molar refractivity (Wildman–Crippen MR) is 61.6 cm³/mol. The molecule has 0 spiro atoms. The highest BCUT2D eigenvalue weighted by Gasteiger charge is 2.14. The van der Waals surface area contributed by atoms with E-state index in [0.29, 0.717) is 5.69 Å². The smallest absolute Gasteiger partial charge is 0.315 e. The average molecular weight is 246 g/mol. The summed E-state index contributed by atoms with van der Waals surface area (Å²) in [5.74, 6) is -1.33. The van der Waals surface area contributed by atoms with E-state index in [1.807, 2.05) is 6.07 Å². The molecule has 0 saturated carbocycles. The number of nitrogens with zero attached hydrogens (tertiary/aromatic N) is 2. The molecule has 7 nitrogen and oxygen atoms in total. The summed E-state index contributed by atoms with van der Waals surface area (Å²) in [7, 11) is 0. The lowest BCUT2D eigenvalue weighted by Gasteiger charge is -2.01. The summed E-state index contributed by atoms with van der Waals surface area (Å²) in [4.78, 5) is 26.0. The third-order valence-electron chi connectivity index (χ3n) is 2.06. The van der Waals surface area contributed by atoms with Crippen LogP contribution in [0.15, 0.2) is 34.9 Å². The Hall–Kier alpha value is -2.70. The Bertz CT molecular complexity index is 565. The van der Waals surface area contributed by atoms with Crippen molar-refractivity contribution >= 4 is 17.5 Å². The normalized spacial score (nSPS) is 10.0. The Morgan fingerprint density at radius 2 is 2.00 bits per heavy atom. The molecule has 2 aromatic rings. The van der Waals surface area contributed by atoms with E-state index < -0.39 is 5.91 Å². The highest BCUT2D eigenvalue weighted by Crippen LogP contribution is 2.06. The van der Waals surface area contributed by atoms with E-state index in [1.165, 1.54) is 0 Å². The maximum atomic E-state index is 11.6. The molecule has 0 saturated heterocycles. The fourth-order valence-corrected chi connectivity index (χ4v) is 1.30. The van der Waals surface area contributed by atoms with E-state index in [4.69, 9.17) is 5.73 Å². The molecule has 0 unspecified atom stereocenters. The molecule has 0 aliphatic heterocycles.